The van der Waals surface area contributed by atoms with Gasteiger partial charge in [-0.15, -0.1) is 11.3 Å². The molecule has 1 heterocycles. The zero-order chi connectivity index (χ0) is 13.4. The molecule has 0 atom stereocenters. The third-order valence-corrected chi connectivity index (χ3v) is 5.03. The Balaban J connectivity index is 1.94. The van der Waals surface area contributed by atoms with Crippen molar-refractivity contribution in [2.45, 2.75) is 25.7 Å². The van der Waals surface area contributed by atoms with E-state index in [0.29, 0.717) is 28.6 Å². The van der Waals surface area contributed by atoms with Gasteiger partial charge in [-0.3, -0.25) is 4.79 Å². The minimum absolute atomic E-state index is 0.161. The molecule has 0 amide bonds. The molecule has 19 heavy (non-hydrogen) atoms. The van der Waals surface area contributed by atoms with Crippen molar-refractivity contribution in [2.75, 3.05) is 0 Å². The van der Waals surface area contributed by atoms with Gasteiger partial charge in [-0.25, -0.2) is 4.98 Å². The van der Waals surface area contributed by atoms with Crippen LogP contribution in [0.3, 0.4) is 0 Å². The molecule has 0 N–H and O–H groups in total. The average molecular weight is 312 g/mol. The molecule has 3 rings (SSSR count). The van der Waals surface area contributed by atoms with Gasteiger partial charge in [0.25, 0.3) is 0 Å². The number of hydrogen-bond donors (Lipinski definition) is 0. The standard InChI is InChI=1S/C14H11Cl2NOS/c15-9-3-1-4-10(16)8(9)7-13-17-14-11(18)5-2-6-12(14)19-13/h1,3-4H,2,5-7H2. The smallest absolute Gasteiger partial charge is 0.182 e. The van der Waals surface area contributed by atoms with Crippen molar-refractivity contribution >= 4 is 40.3 Å². The number of nitrogens with zero attached hydrogens (tertiary/aromatic N) is 1. The molecule has 0 aliphatic heterocycles. The minimum atomic E-state index is 0.161. The number of aromatic nitrogens is 1. The third kappa shape index (κ3) is 2.55. The number of Topliss-reactive ketones (excluding diaryl/α,β-unsaturated/α-hetero) is 1. The zero-order valence-electron chi connectivity index (χ0n) is 10.1. The molecule has 0 bridgehead atoms. The van der Waals surface area contributed by atoms with E-state index in [1.54, 1.807) is 11.3 Å². The van der Waals surface area contributed by atoms with E-state index < -0.39 is 0 Å². The van der Waals surface area contributed by atoms with E-state index in [4.69, 9.17) is 23.2 Å². The van der Waals surface area contributed by atoms with Gasteiger partial charge in [0.1, 0.15) is 5.69 Å². The molecule has 2 nitrogen and oxygen atoms in total. The lowest BCUT2D eigenvalue weighted by Gasteiger charge is -2.06. The van der Waals surface area contributed by atoms with Gasteiger partial charge < -0.3 is 0 Å². The van der Waals surface area contributed by atoms with Crippen LogP contribution in [0.25, 0.3) is 0 Å². The fourth-order valence-electron chi connectivity index (χ4n) is 2.24. The summed E-state index contributed by atoms with van der Waals surface area (Å²) in [4.78, 5) is 17.3. The van der Waals surface area contributed by atoms with E-state index in [2.05, 4.69) is 4.98 Å². The summed E-state index contributed by atoms with van der Waals surface area (Å²) in [6.07, 6.45) is 3.09. The van der Waals surface area contributed by atoms with Crippen LogP contribution in [0.4, 0.5) is 0 Å². The van der Waals surface area contributed by atoms with Crippen molar-refractivity contribution in [2.24, 2.45) is 0 Å². The summed E-state index contributed by atoms with van der Waals surface area (Å²) in [5.74, 6) is 0.161. The maximum Gasteiger partial charge on any atom is 0.182 e. The van der Waals surface area contributed by atoms with Crippen LogP contribution in [0.2, 0.25) is 10.0 Å². The number of thiazole rings is 1. The first-order valence-electron chi connectivity index (χ1n) is 6.10. The van der Waals surface area contributed by atoms with E-state index in [1.807, 2.05) is 18.2 Å². The highest BCUT2D eigenvalue weighted by atomic mass is 35.5. The molecule has 0 saturated carbocycles. The topological polar surface area (TPSA) is 30.0 Å². The summed E-state index contributed by atoms with van der Waals surface area (Å²) in [5, 5.41) is 2.20. The normalized spacial score (nSPS) is 14.5. The number of benzene rings is 1. The van der Waals surface area contributed by atoms with Crippen LogP contribution in [-0.4, -0.2) is 10.8 Å². The SMILES string of the molecule is O=C1CCCc2sc(Cc3c(Cl)cccc3Cl)nc21. The number of carbonyl (C=O) groups excluding carboxylic acids is 1. The molecule has 0 fully saturated rings. The summed E-state index contributed by atoms with van der Waals surface area (Å²) in [5.41, 5.74) is 1.54. The van der Waals surface area contributed by atoms with Crippen molar-refractivity contribution in [3.05, 3.63) is 49.4 Å². The monoisotopic (exact) mass is 311 g/mol. The number of ketones is 1. The first kappa shape index (κ1) is 13.1. The molecule has 1 aliphatic carbocycles. The molecule has 5 heteroatoms. The van der Waals surface area contributed by atoms with Gasteiger partial charge in [-0.05, 0) is 30.5 Å². The quantitative estimate of drug-likeness (QED) is 0.813. The van der Waals surface area contributed by atoms with Gasteiger partial charge in [-0.1, -0.05) is 29.3 Å². The molecule has 2 aromatic rings. The first-order valence-corrected chi connectivity index (χ1v) is 7.67. The fourth-order valence-corrected chi connectivity index (χ4v) is 3.92. The Morgan fingerprint density at radius 2 is 1.95 bits per heavy atom. The van der Waals surface area contributed by atoms with Crippen molar-refractivity contribution in [1.29, 1.82) is 0 Å². The summed E-state index contributed by atoms with van der Waals surface area (Å²) < 4.78 is 0. The lowest BCUT2D eigenvalue weighted by molar-refractivity contribution is 0.0968. The predicted molar refractivity (Wildman–Crippen MR) is 78.7 cm³/mol. The molecular formula is C14H11Cl2NOS. The maximum absolute atomic E-state index is 11.8. The van der Waals surface area contributed by atoms with E-state index in [0.717, 1.165) is 28.3 Å². The van der Waals surface area contributed by atoms with Crippen LogP contribution < -0.4 is 0 Å². The van der Waals surface area contributed by atoms with E-state index >= 15 is 0 Å². The van der Waals surface area contributed by atoms with Crippen molar-refractivity contribution in [3.63, 3.8) is 0 Å². The van der Waals surface area contributed by atoms with Gasteiger partial charge in [0.15, 0.2) is 5.78 Å². The number of halogens is 2. The Morgan fingerprint density at radius 3 is 2.63 bits per heavy atom. The summed E-state index contributed by atoms with van der Waals surface area (Å²) in [6, 6.07) is 5.47. The third-order valence-electron chi connectivity index (χ3n) is 3.20. The summed E-state index contributed by atoms with van der Waals surface area (Å²) >= 11 is 13.9. The summed E-state index contributed by atoms with van der Waals surface area (Å²) in [7, 11) is 0. The van der Waals surface area contributed by atoms with Crippen LogP contribution in [0, 0.1) is 0 Å². The second-order valence-corrected chi connectivity index (χ2v) is 6.52. The first-order chi connectivity index (χ1) is 9.15. The molecule has 1 aliphatic rings. The highest BCUT2D eigenvalue weighted by Crippen LogP contribution is 2.31. The second kappa shape index (κ2) is 5.23. The zero-order valence-corrected chi connectivity index (χ0v) is 12.4. The minimum Gasteiger partial charge on any atom is -0.292 e. The van der Waals surface area contributed by atoms with Gasteiger partial charge >= 0.3 is 0 Å². The lowest BCUT2D eigenvalue weighted by atomic mass is 10.0. The van der Waals surface area contributed by atoms with Gasteiger partial charge in [-0.2, -0.15) is 0 Å². The summed E-state index contributed by atoms with van der Waals surface area (Å²) in [6.45, 7) is 0. The van der Waals surface area contributed by atoms with Crippen molar-refractivity contribution in [3.8, 4) is 0 Å². The largest absolute Gasteiger partial charge is 0.292 e. The van der Waals surface area contributed by atoms with Crippen LogP contribution in [-0.2, 0) is 12.8 Å². The van der Waals surface area contributed by atoms with Crippen molar-refractivity contribution in [1.82, 2.24) is 4.98 Å². The van der Waals surface area contributed by atoms with Gasteiger partial charge in [0.05, 0.1) is 5.01 Å². The van der Waals surface area contributed by atoms with E-state index in [-0.39, 0.29) is 5.78 Å². The number of hydrogen-bond acceptors (Lipinski definition) is 3. The molecule has 0 radical (unpaired) electrons. The highest BCUT2D eigenvalue weighted by Gasteiger charge is 2.22. The molecule has 0 unspecified atom stereocenters. The second-order valence-electron chi connectivity index (χ2n) is 4.53. The fraction of sp³-hybridized carbons (Fsp3) is 0.286. The van der Waals surface area contributed by atoms with Crippen LogP contribution in [0.5, 0.6) is 0 Å². The predicted octanol–water partition coefficient (Wildman–Crippen LogP) is 4.56. The Bertz CT molecular complexity index is 631. The molecule has 0 saturated heterocycles. The number of aryl methyl sites for hydroxylation is 1. The number of rotatable bonds is 2. The maximum atomic E-state index is 11.8. The Labute approximate surface area is 125 Å². The molecule has 1 aromatic heterocycles. The molecular weight excluding hydrogens is 301 g/mol. The molecule has 0 spiro atoms. The van der Waals surface area contributed by atoms with Crippen molar-refractivity contribution < 1.29 is 4.79 Å². The van der Waals surface area contributed by atoms with E-state index in [9.17, 15) is 4.79 Å². The highest BCUT2D eigenvalue weighted by molar-refractivity contribution is 7.12. The number of fused-ring (bicyclic) bond motifs is 1. The van der Waals surface area contributed by atoms with Crippen LogP contribution in [0.1, 0.15) is 38.8 Å². The number of carbonyl (C=O) groups is 1. The Kier molecular flexibility index (Phi) is 3.61. The van der Waals surface area contributed by atoms with E-state index in [1.165, 1.54) is 0 Å². The van der Waals surface area contributed by atoms with Gasteiger partial charge in [0.2, 0.25) is 0 Å². The molecule has 98 valence electrons. The Morgan fingerprint density at radius 1 is 1.21 bits per heavy atom. The Hall–Kier alpha value is -0.900. The van der Waals surface area contributed by atoms with Gasteiger partial charge in [0, 0.05) is 27.8 Å². The molecule has 1 aromatic carbocycles. The lowest BCUT2D eigenvalue weighted by Crippen LogP contribution is -2.08. The van der Waals surface area contributed by atoms with Crippen LogP contribution >= 0.6 is 34.5 Å². The average Bonchev–Trinajstić information content (AvgIpc) is 2.78. The van der Waals surface area contributed by atoms with Crippen LogP contribution in [0.15, 0.2) is 18.2 Å².